The standard InChI is InChI=1S/C17H23N5O/c1-4-22(5-2)15-17(11-19,12(10-18)14(20)21-15)16(3)9-7-6-8-13(16)23/h4-9,20H2,1-3H3/t16-,17-/m1/s1. The van der Waals surface area contributed by atoms with Crippen LogP contribution in [0.1, 0.15) is 46.5 Å². The molecule has 1 saturated carbocycles. The van der Waals surface area contributed by atoms with Gasteiger partial charge in [0.15, 0.2) is 5.41 Å². The summed E-state index contributed by atoms with van der Waals surface area (Å²) in [6, 6.07) is 4.37. The molecule has 1 heterocycles. The van der Waals surface area contributed by atoms with Crippen LogP contribution in [0.15, 0.2) is 16.4 Å². The summed E-state index contributed by atoms with van der Waals surface area (Å²) in [7, 11) is 0. The Morgan fingerprint density at radius 2 is 1.96 bits per heavy atom. The van der Waals surface area contributed by atoms with Gasteiger partial charge in [0.2, 0.25) is 0 Å². The lowest BCUT2D eigenvalue weighted by Gasteiger charge is -2.45. The van der Waals surface area contributed by atoms with E-state index in [0.717, 1.165) is 12.8 Å². The van der Waals surface area contributed by atoms with E-state index < -0.39 is 10.8 Å². The van der Waals surface area contributed by atoms with E-state index in [2.05, 4.69) is 17.1 Å². The van der Waals surface area contributed by atoms with Crippen LogP contribution >= 0.6 is 0 Å². The Bertz CT molecular complexity index is 661. The molecule has 2 N–H and O–H groups in total. The molecule has 23 heavy (non-hydrogen) atoms. The summed E-state index contributed by atoms with van der Waals surface area (Å²) in [5.41, 5.74) is 3.75. The quantitative estimate of drug-likeness (QED) is 0.858. The van der Waals surface area contributed by atoms with Crippen LogP contribution in [0.4, 0.5) is 0 Å². The van der Waals surface area contributed by atoms with Crippen LogP contribution in [0, 0.1) is 33.5 Å². The lowest BCUT2D eigenvalue weighted by Crippen LogP contribution is -2.55. The van der Waals surface area contributed by atoms with E-state index in [1.54, 1.807) is 6.92 Å². The van der Waals surface area contributed by atoms with E-state index in [-0.39, 0.29) is 17.2 Å². The van der Waals surface area contributed by atoms with E-state index in [0.29, 0.717) is 31.8 Å². The molecule has 6 heteroatoms. The number of nitriles is 2. The Balaban J connectivity index is 2.73. The molecule has 0 bridgehead atoms. The van der Waals surface area contributed by atoms with Crippen molar-refractivity contribution in [1.29, 1.82) is 10.5 Å². The zero-order valence-corrected chi connectivity index (χ0v) is 14.0. The Morgan fingerprint density at radius 3 is 2.43 bits per heavy atom. The molecule has 0 saturated heterocycles. The first-order valence-corrected chi connectivity index (χ1v) is 8.11. The number of amidine groups is 1. The van der Waals surface area contributed by atoms with Gasteiger partial charge in [-0.05, 0) is 26.7 Å². The maximum Gasteiger partial charge on any atom is 0.165 e. The fraction of sp³-hybridized carbons (Fsp3) is 0.647. The largest absolute Gasteiger partial charge is 0.383 e. The minimum absolute atomic E-state index is 0.0209. The second kappa shape index (κ2) is 6.04. The van der Waals surface area contributed by atoms with Crippen LogP contribution in [0.5, 0.6) is 0 Å². The average Bonchev–Trinajstić information content (AvgIpc) is 2.84. The molecule has 1 aliphatic carbocycles. The second-order valence-corrected chi connectivity index (χ2v) is 6.30. The molecular formula is C17H23N5O. The number of nitrogens with zero attached hydrogens (tertiary/aromatic N) is 4. The number of Topliss-reactive ketones (excluding diaryl/α,β-unsaturated/α-hetero) is 1. The number of hydrogen-bond acceptors (Lipinski definition) is 6. The summed E-state index contributed by atoms with van der Waals surface area (Å²) in [6.45, 7) is 6.98. The van der Waals surface area contributed by atoms with E-state index in [1.807, 2.05) is 18.7 Å². The van der Waals surface area contributed by atoms with Gasteiger partial charge in [-0.15, -0.1) is 0 Å². The smallest absolute Gasteiger partial charge is 0.165 e. The molecule has 2 rings (SSSR count). The third-order valence-electron chi connectivity index (χ3n) is 5.31. The number of hydrogen-bond donors (Lipinski definition) is 1. The highest BCUT2D eigenvalue weighted by Gasteiger charge is 2.63. The molecule has 2 aliphatic rings. The molecule has 122 valence electrons. The number of ketones is 1. The van der Waals surface area contributed by atoms with Crippen molar-refractivity contribution in [3.8, 4) is 12.1 Å². The first-order chi connectivity index (χ1) is 10.9. The maximum absolute atomic E-state index is 12.8. The number of carbonyl (C=O) groups excluding carboxylic acids is 1. The zero-order chi connectivity index (χ0) is 17.3. The topological polar surface area (TPSA) is 106 Å². The molecule has 0 spiro atoms. The monoisotopic (exact) mass is 313 g/mol. The summed E-state index contributed by atoms with van der Waals surface area (Å²) < 4.78 is 0. The molecule has 6 nitrogen and oxygen atoms in total. The number of rotatable bonds is 3. The van der Waals surface area contributed by atoms with Crippen LogP contribution < -0.4 is 5.73 Å². The van der Waals surface area contributed by atoms with Crippen molar-refractivity contribution in [1.82, 2.24) is 4.90 Å². The summed E-state index contributed by atoms with van der Waals surface area (Å²) >= 11 is 0. The normalized spacial score (nSPS) is 30.7. The highest BCUT2D eigenvalue weighted by atomic mass is 16.1. The van der Waals surface area contributed by atoms with E-state index in [1.165, 1.54) is 0 Å². The highest BCUT2D eigenvalue weighted by Crippen LogP contribution is 2.55. The SMILES string of the molecule is CCN(CC)C1=NC(N)=C(C#N)[C@@]1(C#N)[C@]1(C)CCCCC1=O. The Hall–Kier alpha value is -2.34. The van der Waals surface area contributed by atoms with Gasteiger partial charge in [-0.1, -0.05) is 13.3 Å². The molecule has 2 atom stereocenters. The number of aliphatic imine (C=N–C) groups is 1. The molecule has 0 unspecified atom stereocenters. The number of nitrogens with two attached hydrogens (primary N) is 1. The third kappa shape index (κ3) is 2.13. The minimum Gasteiger partial charge on any atom is -0.383 e. The van der Waals surface area contributed by atoms with Crippen molar-refractivity contribution in [2.75, 3.05) is 13.1 Å². The van der Waals surface area contributed by atoms with Gasteiger partial charge in [0.25, 0.3) is 0 Å². The fourth-order valence-electron chi connectivity index (χ4n) is 3.86. The van der Waals surface area contributed by atoms with Crippen LogP contribution in [-0.2, 0) is 4.79 Å². The van der Waals surface area contributed by atoms with Gasteiger partial charge in [0.05, 0.1) is 11.5 Å². The zero-order valence-electron chi connectivity index (χ0n) is 14.0. The van der Waals surface area contributed by atoms with Crippen LogP contribution in [-0.4, -0.2) is 29.6 Å². The van der Waals surface area contributed by atoms with Gasteiger partial charge in [0, 0.05) is 19.5 Å². The Kier molecular flexibility index (Phi) is 4.47. The number of carbonyl (C=O) groups is 1. The summed E-state index contributed by atoms with van der Waals surface area (Å²) in [5, 5.41) is 19.8. The lowest BCUT2D eigenvalue weighted by atomic mass is 9.55. The van der Waals surface area contributed by atoms with Gasteiger partial charge in [-0.3, -0.25) is 4.79 Å². The van der Waals surface area contributed by atoms with Gasteiger partial charge < -0.3 is 10.6 Å². The summed E-state index contributed by atoms with van der Waals surface area (Å²) in [6.07, 6.45) is 2.69. The summed E-state index contributed by atoms with van der Waals surface area (Å²) in [4.78, 5) is 19.1. The van der Waals surface area contributed by atoms with Crippen molar-refractivity contribution < 1.29 is 4.79 Å². The van der Waals surface area contributed by atoms with Gasteiger partial charge in [0.1, 0.15) is 29.1 Å². The Morgan fingerprint density at radius 1 is 1.30 bits per heavy atom. The second-order valence-electron chi connectivity index (χ2n) is 6.30. The van der Waals surface area contributed by atoms with Crippen molar-refractivity contribution in [2.24, 2.45) is 21.6 Å². The van der Waals surface area contributed by atoms with Crippen molar-refractivity contribution in [2.45, 2.75) is 46.5 Å². The minimum atomic E-state index is -1.38. The van der Waals surface area contributed by atoms with Crippen molar-refractivity contribution in [3.05, 3.63) is 11.4 Å². The first-order valence-electron chi connectivity index (χ1n) is 8.11. The van der Waals surface area contributed by atoms with Crippen LogP contribution in [0.2, 0.25) is 0 Å². The van der Waals surface area contributed by atoms with E-state index >= 15 is 0 Å². The average molecular weight is 313 g/mol. The molecule has 1 aliphatic heterocycles. The van der Waals surface area contributed by atoms with E-state index in [4.69, 9.17) is 5.73 Å². The van der Waals surface area contributed by atoms with Gasteiger partial charge >= 0.3 is 0 Å². The molecule has 0 aromatic rings. The van der Waals surface area contributed by atoms with Gasteiger partial charge in [-0.25, -0.2) is 4.99 Å². The van der Waals surface area contributed by atoms with Crippen molar-refractivity contribution >= 4 is 11.6 Å². The molecule has 0 radical (unpaired) electrons. The summed E-state index contributed by atoms with van der Waals surface area (Å²) in [5.74, 6) is 0.542. The highest BCUT2D eigenvalue weighted by molar-refractivity contribution is 6.04. The van der Waals surface area contributed by atoms with Crippen LogP contribution in [0.25, 0.3) is 0 Å². The molecule has 0 aromatic heterocycles. The molecule has 0 aromatic carbocycles. The first kappa shape index (κ1) is 17.0. The Labute approximate surface area is 137 Å². The molecule has 1 fully saturated rings. The van der Waals surface area contributed by atoms with Gasteiger partial charge in [-0.2, -0.15) is 10.5 Å². The molecular weight excluding hydrogens is 290 g/mol. The van der Waals surface area contributed by atoms with Crippen molar-refractivity contribution in [3.63, 3.8) is 0 Å². The fourth-order valence-corrected chi connectivity index (χ4v) is 3.86. The third-order valence-corrected chi connectivity index (χ3v) is 5.31. The maximum atomic E-state index is 12.8. The predicted molar refractivity (Wildman–Crippen MR) is 86.8 cm³/mol. The lowest BCUT2D eigenvalue weighted by molar-refractivity contribution is -0.133. The predicted octanol–water partition coefficient (Wildman–Crippen LogP) is 2.09. The molecule has 0 amide bonds. The van der Waals surface area contributed by atoms with Crippen LogP contribution in [0.3, 0.4) is 0 Å². The van der Waals surface area contributed by atoms with E-state index in [9.17, 15) is 15.3 Å².